The van der Waals surface area contributed by atoms with Crippen LogP contribution in [0.5, 0.6) is 0 Å². The maximum atomic E-state index is 12.8. The van der Waals surface area contributed by atoms with Crippen LogP contribution in [-0.2, 0) is 11.3 Å². The lowest BCUT2D eigenvalue weighted by Crippen LogP contribution is -2.44. The lowest BCUT2D eigenvalue weighted by Gasteiger charge is -2.32. The third-order valence-electron chi connectivity index (χ3n) is 4.88. The number of imidazole rings is 1. The number of nitrogens with zero attached hydrogens (tertiary/aromatic N) is 2. The second-order valence-electron chi connectivity index (χ2n) is 6.55. The molecule has 0 bridgehead atoms. The van der Waals surface area contributed by atoms with E-state index in [1.165, 1.54) is 15.9 Å². The topological polar surface area (TPSA) is 75.2 Å². The Kier molecular flexibility index (Phi) is 4.46. The number of nitrogens with one attached hydrogen (secondary N) is 1. The monoisotopic (exact) mass is 369 g/mol. The summed E-state index contributed by atoms with van der Waals surface area (Å²) in [5.74, 6) is -0.173. The third kappa shape index (κ3) is 3.10. The van der Waals surface area contributed by atoms with Crippen LogP contribution in [0, 0.1) is 5.92 Å². The van der Waals surface area contributed by atoms with E-state index in [9.17, 15) is 14.4 Å². The van der Waals surface area contributed by atoms with Gasteiger partial charge in [-0.2, -0.15) is 0 Å². The average molecular weight is 369 g/mol. The standard InChI is InChI=1S/C19H19N3O3S/c23-17(12-22-15-7-2-1-6-14(15)20-19(22)25)21-9-3-5-13(11-21)18(24)16-8-4-10-26-16/h1-2,4,6-8,10,13H,3,5,9,11-12H2,(H,20,25)/t13-/m0/s1. The number of fused-ring (bicyclic) bond motifs is 1. The fourth-order valence-electron chi connectivity index (χ4n) is 3.54. The zero-order chi connectivity index (χ0) is 18.1. The van der Waals surface area contributed by atoms with Gasteiger partial charge in [-0.25, -0.2) is 4.79 Å². The quantitative estimate of drug-likeness (QED) is 0.718. The molecule has 3 aromatic rings. The summed E-state index contributed by atoms with van der Waals surface area (Å²) in [5.41, 5.74) is 1.14. The van der Waals surface area contributed by atoms with Gasteiger partial charge in [-0.3, -0.25) is 14.2 Å². The molecule has 3 heterocycles. The number of aromatic amines is 1. The van der Waals surface area contributed by atoms with Crippen LogP contribution in [0.2, 0.25) is 0 Å². The second kappa shape index (κ2) is 6.92. The number of rotatable bonds is 4. The van der Waals surface area contributed by atoms with Gasteiger partial charge in [0.15, 0.2) is 5.78 Å². The largest absolute Gasteiger partial charge is 0.340 e. The van der Waals surface area contributed by atoms with Gasteiger partial charge in [-0.05, 0) is 36.4 Å². The van der Waals surface area contributed by atoms with Crippen LogP contribution in [-0.4, -0.2) is 39.2 Å². The number of amides is 1. The summed E-state index contributed by atoms with van der Waals surface area (Å²) in [4.78, 5) is 42.7. The number of H-pyrrole nitrogens is 1. The van der Waals surface area contributed by atoms with Gasteiger partial charge in [-0.1, -0.05) is 18.2 Å². The van der Waals surface area contributed by atoms with Crippen molar-refractivity contribution in [2.24, 2.45) is 5.92 Å². The summed E-state index contributed by atoms with van der Waals surface area (Å²) in [5, 5.41) is 1.89. The van der Waals surface area contributed by atoms with Gasteiger partial charge in [0.2, 0.25) is 5.91 Å². The number of para-hydroxylation sites is 2. The molecular weight excluding hydrogens is 350 g/mol. The molecule has 2 aromatic heterocycles. The Morgan fingerprint density at radius 1 is 1.19 bits per heavy atom. The van der Waals surface area contributed by atoms with Crippen LogP contribution in [0.1, 0.15) is 22.5 Å². The minimum Gasteiger partial charge on any atom is -0.340 e. The molecule has 134 valence electrons. The highest BCUT2D eigenvalue weighted by Gasteiger charge is 2.29. The molecule has 1 aliphatic heterocycles. The zero-order valence-corrected chi connectivity index (χ0v) is 15.0. The Hall–Kier alpha value is -2.67. The first-order chi connectivity index (χ1) is 12.6. The van der Waals surface area contributed by atoms with Gasteiger partial charge in [0.05, 0.1) is 15.9 Å². The molecule has 1 fully saturated rings. The van der Waals surface area contributed by atoms with E-state index in [2.05, 4.69) is 4.98 Å². The van der Waals surface area contributed by atoms with Gasteiger partial charge in [0.1, 0.15) is 6.54 Å². The normalized spacial score (nSPS) is 17.5. The van der Waals surface area contributed by atoms with Crippen molar-refractivity contribution < 1.29 is 9.59 Å². The number of likely N-dealkylation sites (tertiary alicyclic amines) is 1. The molecule has 1 amide bonds. The first-order valence-corrected chi connectivity index (χ1v) is 9.54. The first kappa shape index (κ1) is 16.8. The summed E-state index contributed by atoms with van der Waals surface area (Å²) < 4.78 is 1.46. The van der Waals surface area contributed by atoms with E-state index in [4.69, 9.17) is 0 Å². The number of ketones is 1. The molecule has 0 unspecified atom stereocenters. The SMILES string of the molecule is O=C(c1cccs1)[C@H]1CCCN(C(=O)Cn2c(=O)[nH]c3ccccc32)C1. The highest BCUT2D eigenvalue weighted by atomic mass is 32.1. The van der Waals surface area contributed by atoms with Crippen molar-refractivity contribution in [1.29, 1.82) is 0 Å². The van der Waals surface area contributed by atoms with E-state index in [1.54, 1.807) is 4.90 Å². The number of hydrogen-bond donors (Lipinski definition) is 1. The zero-order valence-electron chi connectivity index (χ0n) is 14.2. The predicted molar refractivity (Wildman–Crippen MR) is 101 cm³/mol. The highest BCUT2D eigenvalue weighted by Crippen LogP contribution is 2.23. The fraction of sp³-hybridized carbons (Fsp3) is 0.316. The van der Waals surface area contributed by atoms with Crippen LogP contribution in [0.3, 0.4) is 0 Å². The van der Waals surface area contributed by atoms with Crippen molar-refractivity contribution in [3.8, 4) is 0 Å². The molecule has 1 aromatic carbocycles. The molecule has 0 radical (unpaired) electrons. The predicted octanol–water partition coefficient (Wildman–Crippen LogP) is 2.51. The van der Waals surface area contributed by atoms with Crippen molar-refractivity contribution >= 4 is 34.1 Å². The third-order valence-corrected chi connectivity index (χ3v) is 5.77. The number of benzene rings is 1. The van der Waals surface area contributed by atoms with Crippen LogP contribution in [0.15, 0.2) is 46.6 Å². The minimum atomic E-state index is -0.289. The van der Waals surface area contributed by atoms with Gasteiger partial charge in [0, 0.05) is 19.0 Å². The molecular formula is C19H19N3O3S. The van der Waals surface area contributed by atoms with Crippen molar-refractivity contribution in [3.05, 3.63) is 57.1 Å². The minimum absolute atomic E-state index is 0.0112. The second-order valence-corrected chi connectivity index (χ2v) is 7.50. The molecule has 4 rings (SSSR count). The molecule has 7 heteroatoms. The van der Waals surface area contributed by atoms with Crippen molar-refractivity contribution in [2.45, 2.75) is 19.4 Å². The number of hydrogen-bond acceptors (Lipinski definition) is 4. The lowest BCUT2D eigenvalue weighted by molar-refractivity contribution is -0.133. The maximum absolute atomic E-state index is 12.8. The van der Waals surface area contributed by atoms with Gasteiger partial charge in [-0.15, -0.1) is 11.3 Å². The van der Waals surface area contributed by atoms with E-state index in [1.807, 2.05) is 41.8 Å². The molecule has 1 atom stereocenters. The van der Waals surface area contributed by atoms with Crippen molar-refractivity contribution in [1.82, 2.24) is 14.5 Å². The highest BCUT2D eigenvalue weighted by molar-refractivity contribution is 7.12. The first-order valence-electron chi connectivity index (χ1n) is 8.66. The summed E-state index contributed by atoms with van der Waals surface area (Å²) in [6.07, 6.45) is 1.60. The molecule has 1 aliphatic rings. The Balaban J connectivity index is 1.50. The van der Waals surface area contributed by atoms with Gasteiger partial charge in [0.25, 0.3) is 0 Å². The number of thiophene rings is 1. The van der Waals surface area contributed by atoms with Crippen LogP contribution in [0.4, 0.5) is 0 Å². The van der Waals surface area contributed by atoms with Crippen LogP contribution in [0.25, 0.3) is 11.0 Å². The average Bonchev–Trinajstić information content (AvgIpc) is 3.30. The molecule has 26 heavy (non-hydrogen) atoms. The summed E-state index contributed by atoms with van der Waals surface area (Å²) in [7, 11) is 0. The molecule has 1 saturated heterocycles. The number of carbonyl (C=O) groups is 2. The lowest BCUT2D eigenvalue weighted by atomic mass is 9.93. The number of Topliss-reactive ketones (excluding diaryl/α,β-unsaturated/α-hetero) is 1. The maximum Gasteiger partial charge on any atom is 0.326 e. The van der Waals surface area contributed by atoms with E-state index >= 15 is 0 Å². The molecule has 6 nitrogen and oxygen atoms in total. The van der Waals surface area contributed by atoms with Crippen molar-refractivity contribution in [2.75, 3.05) is 13.1 Å². The van der Waals surface area contributed by atoms with Crippen molar-refractivity contribution in [3.63, 3.8) is 0 Å². The molecule has 0 spiro atoms. The Morgan fingerprint density at radius 3 is 2.85 bits per heavy atom. The Bertz CT molecular complexity index is 1000. The summed E-state index contributed by atoms with van der Waals surface area (Å²) in [6, 6.07) is 11.0. The van der Waals surface area contributed by atoms with E-state index in [-0.39, 0.29) is 29.8 Å². The summed E-state index contributed by atoms with van der Waals surface area (Å²) in [6.45, 7) is 1.04. The molecule has 1 N–H and O–H groups in total. The van der Waals surface area contributed by atoms with Crippen LogP contribution >= 0.6 is 11.3 Å². The molecule has 0 aliphatic carbocycles. The van der Waals surface area contributed by atoms with Crippen LogP contribution < -0.4 is 5.69 Å². The number of carbonyl (C=O) groups excluding carboxylic acids is 2. The van der Waals surface area contributed by atoms with E-state index < -0.39 is 0 Å². The molecule has 0 saturated carbocycles. The fourth-order valence-corrected chi connectivity index (χ4v) is 4.28. The number of aromatic nitrogens is 2. The number of piperidine rings is 1. The van der Waals surface area contributed by atoms with E-state index in [0.717, 1.165) is 23.2 Å². The smallest absolute Gasteiger partial charge is 0.326 e. The van der Waals surface area contributed by atoms with Gasteiger partial charge >= 0.3 is 5.69 Å². The summed E-state index contributed by atoms with van der Waals surface area (Å²) >= 11 is 1.44. The van der Waals surface area contributed by atoms with Gasteiger partial charge < -0.3 is 9.88 Å². The van der Waals surface area contributed by atoms with E-state index in [0.29, 0.717) is 18.6 Å². The Labute approximate surface area is 154 Å². The Morgan fingerprint density at radius 2 is 2.04 bits per heavy atom.